The Hall–Kier alpha value is -3.94. The highest BCUT2D eigenvalue weighted by atomic mass is 16.5. The number of carbonyl (C=O) groups is 2. The van der Waals surface area contributed by atoms with Crippen molar-refractivity contribution in [2.24, 2.45) is 0 Å². The Bertz CT molecular complexity index is 1090. The summed E-state index contributed by atoms with van der Waals surface area (Å²) >= 11 is 0. The molecular weight excluding hydrogens is 372 g/mol. The zero-order valence-electron chi connectivity index (χ0n) is 16.0. The van der Waals surface area contributed by atoms with E-state index in [2.05, 4.69) is 15.6 Å². The summed E-state index contributed by atoms with van der Waals surface area (Å²) in [6.07, 6.45) is 1.34. The summed E-state index contributed by atoms with van der Waals surface area (Å²) in [6, 6.07) is 15.3. The normalized spacial score (nSPS) is 10.3. The molecular formula is C21H20N4O4. The molecule has 0 unspecified atom stereocenters. The van der Waals surface area contributed by atoms with Crippen LogP contribution in [0.15, 0.2) is 65.7 Å². The van der Waals surface area contributed by atoms with Crippen molar-refractivity contribution < 1.29 is 14.3 Å². The molecule has 0 bridgehead atoms. The van der Waals surface area contributed by atoms with Gasteiger partial charge in [0.25, 0.3) is 5.56 Å². The summed E-state index contributed by atoms with van der Waals surface area (Å²) in [5, 5.41) is 5.35. The number of nitrogens with one attached hydrogen (secondary N) is 2. The minimum absolute atomic E-state index is 0.175. The van der Waals surface area contributed by atoms with Gasteiger partial charge in [-0.15, -0.1) is 0 Å². The summed E-state index contributed by atoms with van der Waals surface area (Å²) in [4.78, 5) is 40.0. The van der Waals surface area contributed by atoms with Gasteiger partial charge in [0, 0.05) is 29.9 Å². The fourth-order valence-corrected chi connectivity index (χ4v) is 2.74. The highest BCUT2D eigenvalue weighted by molar-refractivity contribution is 5.92. The lowest BCUT2D eigenvalue weighted by atomic mass is 10.1. The van der Waals surface area contributed by atoms with Crippen LogP contribution in [0.3, 0.4) is 0 Å². The number of hydrogen-bond acceptors (Lipinski definition) is 5. The van der Waals surface area contributed by atoms with Gasteiger partial charge in [-0.25, -0.2) is 4.98 Å². The first kappa shape index (κ1) is 19.8. The van der Waals surface area contributed by atoms with Crippen molar-refractivity contribution in [3.8, 4) is 17.0 Å². The number of benzene rings is 2. The fourth-order valence-electron chi connectivity index (χ4n) is 2.74. The Labute approximate surface area is 167 Å². The molecule has 1 heterocycles. The van der Waals surface area contributed by atoms with Gasteiger partial charge in [-0.2, -0.15) is 0 Å². The van der Waals surface area contributed by atoms with Crippen molar-refractivity contribution in [1.82, 2.24) is 9.55 Å². The number of rotatable bonds is 6. The number of ether oxygens (including phenoxy) is 1. The fraction of sp³-hybridized carbons (Fsp3) is 0.143. The van der Waals surface area contributed by atoms with Crippen molar-refractivity contribution in [3.05, 3.63) is 71.3 Å². The summed E-state index contributed by atoms with van der Waals surface area (Å²) < 4.78 is 6.52. The molecule has 0 aliphatic carbocycles. The van der Waals surface area contributed by atoms with E-state index in [1.54, 1.807) is 37.4 Å². The predicted molar refractivity (Wildman–Crippen MR) is 110 cm³/mol. The Morgan fingerprint density at radius 2 is 1.69 bits per heavy atom. The molecule has 0 saturated carbocycles. The lowest BCUT2D eigenvalue weighted by Gasteiger charge is -2.10. The van der Waals surface area contributed by atoms with Crippen molar-refractivity contribution in [3.63, 3.8) is 0 Å². The number of carbonyl (C=O) groups excluding carboxylic acids is 2. The maximum absolute atomic E-state index is 12.4. The van der Waals surface area contributed by atoms with Gasteiger partial charge in [0.1, 0.15) is 12.3 Å². The molecule has 148 valence electrons. The Morgan fingerprint density at radius 1 is 1.03 bits per heavy atom. The minimum atomic E-state index is -0.369. The molecule has 0 radical (unpaired) electrons. The van der Waals surface area contributed by atoms with E-state index >= 15 is 0 Å². The van der Waals surface area contributed by atoms with Gasteiger partial charge in [0.05, 0.1) is 19.1 Å². The third-order valence-electron chi connectivity index (χ3n) is 4.07. The zero-order valence-corrected chi connectivity index (χ0v) is 16.0. The van der Waals surface area contributed by atoms with E-state index in [0.29, 0.717) is 28.4 Å². The van der Waals surface area contributed by atoms with Crippen molar-refractivity contribution in [1.29, 1.82) is 0 Å². The first-order valence-corrected chi connectivity index (χ1v) is 8.83. The molecule has 2 amide bonds. The van der Waals surface area contributed by atoms with Crippen LogP contribution in [-0.4, -0.2) is 28.5 Å². The number of hydrogen-bond donors (Lipinski definition) is 2. The van der Waals surface area contributed by atoms with E-state index in [-0.39, 0.29) is 23.9 Å². The van der Waals surface area contributed by atoms with E-state index in [4.69, 9.17) is 4.74 Å². The van der Waals surface area contributed by atoms with Crippen LogP contribution in [-0.2, 0) is 16.1 Å². The molecule has 3 rings (SSSR count). The van der Waals surface area contributed by atoms with Crippen molar-refractivity contribution >= 4 is 23.2 Å². The topological polar surface area (TPSA) is 102 Å². The SMILES string of the molecule is COc1ccccc1-c1cc(=O)n(CC(=O)Nc2ccc(NC(C)=O)cc2)cn1. The van der Waals surface area contributed by atoms with Gasteiger partial charge < -0.3 is 15.4 Å². The number of nitrogens with zero attached hydrogens (tertiary/aromatic N) is 2. The van der Waals surface area contributed by atoms with Gasteiger partial charge in [0.15, 0.2) is 0 Å². The Balaban J connectivity index is 1.69. The lowest BCUT2D eigenvalue weighted by Crippen LogP contribution is -2.27. The molecule has 0 aliphatic rings. The van der Waals surface area contributed by atoms with Crippen LogP contribution in [0.4, 0.5) is 11.4 Å². The van der Waals surface area contributed by atoms with E-state index in [1.165, 1.54) is 23.9 Å². The molecule has 29 heavy (non-hydrogen) atoms. The standard InChI is InChI=1S/C21H20N4O4/c1-14(26)23-15-7-9-16(10-8-15)24-20(27)12-25-13-22-18(11-21(25)28)17-5-3-4-6-19(17)29-2/h3-11,13H,12H2,1-2H3,(H,23,26)(H,24,27). The highest BCUT2D eigenvalue weighted by Crippen LogP contribution is 2.26. The summed E-state index contributed by atoms with van der Waals surface area (Å²) in [7, 11) is 1.55. The quantitative estimate of drug-likeness (QED) is 0.671. The van der Waals surface area contributed by atoms with Crippen LogP contribution in [0.2, 0.25) is 0 Å². The third kappa shape index (κ3) is 5.07. The van der Waals surface area contributed by atoms with E-state index < -0.39 is 0 Å². The molecule has 0 aliphatic heterocycles. The molecule has 8 heteroatoms. The molecule has 1 aromatic heterocycles. The smallest absolute Gasteiger partial charge is 0.254 e. The van der Waals surface area contributed by atoms with Crippen LogP contribution in [0.5, 0.6) is 5.75 Å². The maximum atomic E-state index is 12.4. The average molecular weight is 392 g/mol. The van der Waals surface area contributed by atoms with Gasteiger partial charge in [-0.3, -0.25) is 19.0 Å². The van der Waals surface area contributed by atoms with E-state index in [9.17, 15) is 14.4 Å². The van der Waals surface area contributed by atoms with Crippen molar-refractivity contribution in [2.45, 2.75) is 13.5 Å². The Kier molecular flexibility index (Phi) is 6.03. The molecule has 0 saturated heterocycles. The molecule has 0 atom stereocenters. The average Bonchev–Trinajstić information content (AvgIpc) is 2.70. The molecule has 0 spiro atoms. The minimum Gasteiger partial charge on any atom is -0.496 e. The van der Waals surface area contributed by atoms with Crippen LogP contribution in [0.1, 0.15) is 6.92 Å². The largest absolute Gasteiger partial charge is 0.496 e. The predicted octanol–water partition coefficient (Wildman–Crippen LogP) is 2.52. The first-order chi connectivity index (χ1) is 14.0. The number of anilines is 2. The number of methoxy groups -OCH3 is 1. The van der Waals surface area contributed by atoms with Crippen LogP contribution >= 0.6 is 0 Å². The second-order valence-corrected chi connectivity index (χ2v) is 6.25. The maximum Gasteiger partial charge on any atom is 0.254 e. The molecule has 0 fully saturated rings. The monoisotopic (exact) mass is 392 g/mol. The van der Waals surface area contributed by atoms with E-state index in [1.807, 2.05) is 18.2 Å². The van der Waals surface area contributed by atoms with Crippen LogP contribution in [0.25, 0.3) is 11.3 Å². The number of aromatic nitrogens is 2. The number of amides is 2. The highest BCUT2D eigenvalue weighted by Gasteiger charge is 2.10. The number of para-hydroxylation sites is 1. The van der Waals surface area contributed by atoms with Gasteiger partial charge >= 0.3 is 0 Å². The zero-order chi connectivity index (χ0) is 20.8. The van der Waals surface area contributed by atoms with E-state index in [0.717, 1.165) is 0 Å². The summed E-state index contributed by atoms with van der Waals surface area (Å²) in [5.41, 5.74) is 2.00. The van der Waals surface area contributed by atoms with Crippen molar-refractivity contribution in [2.75, 3.05) is 17.7 Å². The molecule has 2 aromatic carbocycles. The van der Waals surface area contributed by atoms with Gasteiger partial charge in [-0.1, -0.05) is 12.1 Å². The first-order valence-electron chi connectivity index (χ1n) is 8.83. The summed E-state index contributed by atoms with van der Waals surface area (Å²) in [6.45, 7) is 1.24. The third-order valence-corrected chi connectivity index (χ3v) is 4.07. The summed E-state index contributed by atoms with van der Waals surface area (Å²) in [5.74, 6) is 0.0639. The molecule has 3 aromatic rings. The van der Waals surface area contributed by atoms with Crippen LogP contribution in [0, 0.1) is 0 Å². The molecule has 8 nitrogen and oxygen atoms in total. The van der Waals surface area contributed by atoms with Gasteiger partial charge in [0.2, 0.25) is 11.8 Å². The molecule has 2 N–H and O–H groups in total. The second-order valence-electron chi connectivity index (χ2n) is 6.25. The Morgan fingerprint density at radius 3 is 2.31 bits per heavy atom. The van der Waals surface area contributed by atoms with Crippen LogP contribution < -0.4 is 20.9 Å². The lowest BCUT2D eigenvalue weighted by molar-refractivity contribution is -0.117. The van der Waals surface area contributed by atoms with Gasteiger partial charge in [-0.05, 0) is 36.4 Å². The second kappa shape index (κ2) is 8.83.